The van der Waals surface area contributed by atoms with Gasteiger partial charge in [-0.05, 0) is 23.8 Å². The number of carbonyl (C=O) groups is 1. The van der Waals surface area contributed by atoms with Gasteiger partial charge in [0.25, 0.3) is 5.91 Å². The number of rotatable bonds is 8. The average Bonchev–Trinajstić information content (AvgIpc) is 3.28. The summed E-state index contributed by atoms with van der Waals surface area (Å²) in [6.45, 7) is 0. The fourth-order valence-corrected chi connectivity index (χ4v) is 3.94. The van der Waals surface area contributed by atoms with Crippen LogP contribution < -0.4 is 5.43 Å². The monoisotopic (exact) mass is 473 g/mol. The predicted octanol–water partition coefficient (Wildman–Crippen LogP) is 5.41. The average molecular weight is 474 g/mol. The Kier molecular flexibility index (Phi) is 7.68. The zero-order chi connectivity index (χ0) is 22.9. The predicted molar refractivity (Wildman–Crippen MR) is 134 cm³/mol. The first-order chi connectivity index (χ1) is 16.2. The van der Waals surface area contributed by atoms with E-state index >= 15 is 0 Å². The smallest absolute Gasteiger partial charge is 0.250 e. The Bertz CT molecular complexity index is 1260. The Hall–Kier alpha value is -3.68. The number of nitrogens with one attached hydrogen (secondary N) is 1. The van der Waals surface area contributed by atoms with E-state index in [0.29, 0.717) is 16.0 Å². The minimum absolute atomic E-state index is 0.122. The van der Waals surface area contributed by atoms with Gasteiger partial charge in [0.2, 0.25) is 0 Å². The molecule has 0 aliphatic carbocycles. The first kappa shape index (κ1) is 22.5. The molecule has 0 fully saturated rings. The number of amides is 1. The minimum Gasteiger partial charge on any atom is -0.272 e. The van der Waals surface area contributed by atoms with Gasteiger partial charge in [0, 0.05) is 11.3 Å². The molecule has 0 radical (unpaired) electrons. The van der Waals surface area contributed by atoms with Crippen LogP contribution in [0.2, 0.25) is 0 Å². The SMILES string of the molecule is O=C(CSc1nnc(-c2ccccc2)n1-c1ccccc1)N/N=C/C(Cl)=C/c1ccccc1. The van der Waals surface area contributed by atoms with E-state index in [4.69, 9.17) is 11.6 Å². The molecule has 6 nitrogen and oxygen atoms in total. The summed E-state index contributed by atoms with van der Waals surface area (Å²) in [4.78, 5) is 12.3. The summed E-state index contributed by atoms with van der Waals surface area (Å²) in [6.07, 6.45) is 3.16. The van der Waals surface area contributed by atoms with Crippen molar-refractivity contribution in [1.29, 1.82) is 0 Å². The molecule has 4 rings (SSSR count). The fraction of sp³-hybridized carbons (Fsp3) is 0.0400. The van der Waals surface area contributed by atoms with Crippen LogP contribution in [-0.4, -0.2) is 32.6 Å². The minimum atomic E-state index is -0.274. The fourth-order valence-electron chi connectivity index (χ4n) is 3.02. The molecule has 0 aliphatic rings. The summed E-state index contributed by atoms with van der Waals surface area (Å²) in [5, 5.41) is 13.6. The second-order valence-electron chi connectivity index (χ2n) is 6.86. The van der Waals surface area contributed by atoms with Crippen LogP contribution in [0.1, 0.15) is 5.56 Å². The van der Waals surface area contributed by atoms with Crippen molar-refractivity contribution in [2.75, 3.05) is 5.75 Å². The number of carbonyl (C=O) groups excluding carboxylic acids is 1. The molecule has 1 amide bonds. The van der Waals surface area contributed by atoms with E-state index in [1.54, 1.807) is 6.08 Å². The lowest BCUT2D eigenvalue weighted by atomic mass is 10.2. The summed E-state index contributed by atoms with van der Waals surface area (Å²) in [7, 11) is 0. The first-order valence-corrected chi connectivity index (χ1v) is 11.5. The first-order valence-electron chi connectivity index (χ1n) is 10.1. The van der Waals surface area contributed by atoms with Crippen LogP contribution in [0.4, 0.5) is 0 Å². The third kappa shape index (κ3) is 6.19. The summed E-state index contributed by atoms with van der Waals surface area (Å²) in [6, 6.07) is 29.2. The van der Waals surface area contributed by atoms with Gasteiger partial charge in [0.1, 0.15) is 0 Å². The molecular formula is C25H20ClN5OS. The van der Waals surface area contributed by atoms with Crippen LogP contribution in [0.3, 0.4) is 0 Å². The highest BCUT2D eigenvalue weighted by molar-refractivity contribution is 7.99. The van der Waals surface area contributed by atoms with Crippen molar-refractivity contribution in [3.63, 3.8) is 0 Å². The number of hydrogen-bond donors (Lipinski definition) is 1. The molecule has 1 aromatic heterocycles. The Morgan fingerprint density at radius 2 is 1.58 bits per heavy atom. The number of aromatic nitrogens is 3. The molecule has 164 valence electrons. The van der Waals surface area contributed by atoms with Gasteiger partial charge < -0.3 is 0 Å². The standard InChI is InChI=1S/C25H20ClN5OS/c26-21(16-19-10-4-1-5-11-19)17-27-28-23(32)18-33-25-30-29-24(20-12-6-2-7-13-20)31(25)22-14-8-3-9-15-22/h1-17H,18H2,(H,28,32)/b21-16-,27-17+. The van der Waals surface area contributed by atoms with Crippen LogP contribution in [-0.2, 0) is 4.79 Å². The maximum absolute atomic E-state index is 12.3. The molecule has 0 saturated carbocycles. The van der Waals surface area contributed by atoms with E-state index in [0.717, 1.165) is 16.8 Å². The summed E-state index contributed by atoms with van der Waals surface area (Å²) < 4.78 is 1.94. The number of nitrogens with zero attached hydrogens (tertiary/aromatic N) is 4. The molecular weight excluding hydrogens is 454 g/mol. The lowest BCUT2D eigenvalue weighted by Crippen LogP contribution is -2.19. The van der Waals surface area contributed by atoms with Gasteiger partial charge >= 0.3 is 0 Å². The van der Waals surface area contributed by atoms with E-state index < -0.39 is 0 Å². The van der Waals surface area contributed by atoms with Crippen molar-refractivity contribution in [1.82, 2.24) is 20.2 Å². The number of thioether (sulfide) groups is 1. The molecule has 4 aromatic rings. The van der Waals surface area contributed by atoms with E-state index in [1.807, 2.05) is 95.6 Å². The molecule has 0 aliphatic heterocycles. The second-order valence-corrected chi connectivity index (χ2v) is 8.24. The van der Waals surface area contributed by atoms with E-state index in [1.165, 1.54) is 18.0 Å². The summed E-state index contributed by atoms with van der Waals surface area (Å²) >= 11 is 7.44. The van der Waals surface area contributed by atoms with Crippen LogP contribution >= 0.6 is 23.4 Å². The zero-order valence-electron chi connectivity index (χ0n) is 17.5. The molecule has 1 N–H and O–H groups in total. The molecule has 0 saturated heterocycles. The highest BCUT2D eigenvalue weighted by atomic mass is 35.5. The van der Waals surface area contributed by atoms with Gasteiger partial charge in [-0.2, -0.15) is 5.10 Å². The normalized spacial score (nSPS) is 11.6. The van der Waals surface area contributed by atoms with E-state index in [9.17, 15) is 4.79 Å². The Balaban J connectivity index is 1.43. The number of benzene rings is 3. The quantitative estimate of drug-likeness (QED) is 0.211. The third-order valence-electron chi connectivity index (χ3n) is 4.49. The molecule has 3 aromatic carbocycles. The van der Waals surface area contributed by atoms with Gasteiger partial charge in [0.05, 0.1) is 17.0 Å². The number of para-hydroxylation sites is 1. The Morgan fingerprint density at radius 1 is 0.939 bits per heavy atom. The third-order valence-corrected chi connectivity index (χ3v) is 5.63. The number of allylic oxidation sites excluding steroid dienone is 1. The van der Waals surface area contributed by atoms with Crippen molar-refractivity contribution >= 4 is 41.6 Å². The van der Waals surface area contributed by atoms with Crippen molar-refractivity contribution < 1.29 is 4.79 Å². The van der Waals surface area contributed by atoms with Crippen molar-refractivity contribution in [3.05, 3.63) is 102 Å². The lowest BCUT2D eigenvalue weighted by Gasteiger charge is -2.10. The van der Waals surface area contributed by atoms with Crippen LogP contribution in [0.25, 0.3) is 23.2 Å². The summed E-state index contributed by atoms with van der Waals surface area (Å²) in [5.74, 6) is 0.557. The Morgan fingerprint density at radius 3 is 2.27 bits per heavy atom. The van der Waals surface area contributed by atoms with Crippen molar-refractivity contribution in [2.45, 2.75) is 5.16 Å². The van der Waals surface area contributed by atoms with Gasteiger partial charge in [-0.1, -0.05) is 102 Å². The van der Waals surface area contributed by atoms with Crippen molar-refractivity contribution in [2.24, 2.45) is 5.10 Å². The Labute approximate surface area is 201 Å². The van der Waals surface area contributed by atoms with Crippen molar-refractivity contribution in [3.8, 4) is 17.1 Å². The van der Waals surface area contributed by atoms with E-state index in [-0.39, 0.29) is 11.7 Å². The van der Waals surface area contributed by atoms with Crippen LogP contribution in [0, 0.1) is 0 Å². The number of hydrogen-bond acceptors (Lipinski definition) is 5. The molecule has 0 atom stereocenters. The number of halogens is 1. The molecule has 0 bridgehead atoms. The van der Waals surface area contributed by atoms with Gasteiger partial charge in [-0.3, -0.25) is 9.36 Å². The topological polar surface area (TPSA) is 72.2 Å². The van der Waals surface area contributed by atoms with Gasteiger partial charge in [-0.25, -0.2) is 5.43 Å². The maximum Gasteiger partial charge on any atom is 0.250 e. The lowest BCUT2D eigenvalue weighted by molar-refractivity contribution is -0.118. The van der Waals surface area contributed by atoms with Crippen LogP contribution in [0.15, 0.2) is 106 Å². The molecule has 0 spiro atoms. The van der Waals surface area contributed by atoms with Gasteiger partial charge in [-0.15, -0.1) is 10.2 Å². The van der Waals surface area contributed by atoms with Crippen LogP contribution in [0.5, 0.6) is 0 Å². The van der Waals surface area contributed by atoms with E-state index in [2.05, 4.69) is 20.7 Å². The highest BCUT2D eigenvalue weighted by Crippen LogP contribution is 2.27. The maximum atomic E-state index is 12.3. The molecule has 1 heterocycles. The highest BCUT2D eigenvalue weighted by Gasteiger charge is 2.16. The largest absolute Gasteiger partial charge is 0.272 e. The second kappa shape index (κ2) is 11.3. The molecule has 0 unspecified atom stereocenters. The zero-order valence-corrected chi connectivity index (χ0v) is 19.1. The number of hydrazone groups is 1. The summed E-state index contributed by atoms with van der Waals surface area (Å²) in [5.41, 5.74) is 5.30. The molecule has 8 heteroatoms. The molecule has 33 heavy (non-hydrogen) atoms. The van der Waals surface area contributed by atoms with Gasteiger partial charge in [0.15, 0.2) is 11.0 Å².